The topological polar surface area (TPSA) is 50.7 Å². The fourth-order valence-electron chi connectivity index (χ4n) is 2.26. The molecule has 0 aliphatic heterocycles. The minimum atomic E-state index is 0.764. The number of rotatable bonds is 2. The van der Waals surface area contributed by atoms with E-state index in [2.05, 4.69) is 30.1 Å². The largest absolute Gasteiger partial charge is 0.399 e. The molecule has 3 heteroatoms. The van der Waals surface area contributed by atoms with Crippen molar-refractivity contribution in [2.45, 2.75) is 27.7 Å². The molecule has 2 rings (SSSR count). The van der Waals surface area contributed by atoms with Crippen LogP contribution >= 0.6 is 0 Å². The van der Waals surface area contributed by atoms with Crippen molar-refractivity contribution in [2.24, 2.45) is 10.2 Å². The zero-order valence-electron chi connectivity index (χ0n) is 11.9. The van der Waals surface area contributed by atoms with Gasteiger partial charge in [0.25, 0.3) is 0 Å². The van der Waals surface area contributed by atoms with Crippen LogP contribution in [0, 0.1) is 27.7 Å². The van der Waals surface area contributed by atoms with Gasteiger partial charge in [-0.3, -0.25) is 0 Å². The molecule has 3 nitrogen and oxygen atoms in total. The molecule has 0 atom stereocenters. The number of anilines is 1. The number of aryl methyl sites for hydroxylation is 4. The molecule has 98 valence electrons. The van der Waals surface area contributed by atoms with E-state index in [0.29, 0.717) is 0 Å². The Balaban J connectivity index is 2.38. The lowest BCUT2D eigenvalue weighted by atomic mass is 10.1. The highest BCUT2D eigenvalue weighted by atomic mass is 15.1. The van der Waals surface area contributed by atoms with Gasteiger partial charge in [0.05, 0.1) is 11.4 Å². The summed E-state index contributed by atoms with van der Waals surface area (Å²) in [5.74, 6) is 0. The Morgan fingerprint density at radius 1 is 0.737 bits per heavy atom. The van der Waals surface area contributed by atoms with E-state index >= 15 is 0 Å². The highest BCUT2D eigenvalue weighted by Crippen LogP contribution is 2.28. The summed E-state index contributed by atoms with van der Waals surface area (Å²) >= 11 is 0. The molecule has 19 heavy (non-hydrogen) atoms. The Bertz CT molecular complexity index is 599. The second-order valence-corrected chi connectivity index (χ2v) is 5.05. The minimum absolute atomic E-state index is 0.764. The number of hydrogen-bond acceptors (Lipinski definition) is 3. The molecule has 2 aromatic carbocycles. The Morgan fingerprint density at radius 2 is 1.26 bits per heavy atom. The van der Waals surface area contributed by atoms with Crippen molar-refractivity contribution in [2.75, 3.05) is 5.73 Å². The molecule has 0 aliphatic carbocycles. The van der Waals surface area contributed by atoms with Crippen LogP contribution < -0.4 is 5.73 Å². The van der Waals surface area contributed by atoms with Gasteiger partial charge in [-0.05, 0) is 74.2 Å². The summed E-state index contributed by atoms with van der Waals surface area (Å²) in [6.45, 7) is 8.12. The van der Waals surface area contributed by atoms with E-state index in [1.807, 2.05) is 38.1 Å². The van der Waals surface area contributed by atoms with Gasteiger partial charge in [-0.1, -0.05) is 6.07 Å². The average molecular weight is 253 g/mol. The minimum Gasteiger partial charge on any atom is -0.399 e. The second-order valence-electron chi connectivity index (χ2n) is 5.05. The van der Waals surface area contributed by atoms with Crippen LogP contribution in [0.5, 0.6) is 0 Å². The van der Waals surface area contributed by atoms with Crippen molar-refractivity contribution in [3.63, 3.8) is 0 Å². The third-order valence-electron chi connectivity index (χ3n) is 2.99. The summed E-state index contributed by atoms with van der Waals surface area (Å²) in [6.07, 6.45) is 0. The Kier molecular flexibility index (Phi) is 3.65. The van der Waals surface area contributed by atoms with Gasteiger partial charge < -0.3 is 5.73 Å². The molecule has 0 radical (unpaired) electrons. The van der Waals surface area contributed by atoms with Gasteiger partial charge in [0.1, 0.15) is 0 Å². The number of azo groups is 1. The van der Waals surface area contributed by atoms with E-state index in [-0.39, 0.29) is 0 Å². The van der Waals surface area contributed by atoms with Gasteiger partial charge in [-0.25, -0.2) is 0 Å². The zero-order chi connectivity index (χ0) is 14.0. The summed E-state index contributed by atoms with van der Waals surface area (Å²) in [7, 11) is 0. The molecule has 0 aromatic heterocycles. The molecule has 0 amide bonds. The number of nitrogens with two attached hydrogens (primary N) is 1. The molecule has 0 heterocycles. The maximum absolute atomic E-state index is 5.80. The van der Waals surface area contributed by atoms with Crippen LogP contribution in [0.3, 0.4) is 0 Å². The van der Waals surface area contributed by atoms with Crippen LogP contribution in [-0.2, 0) is 0 Å². The normalized spacial score (nSPS) is 11.2. The fraction of sp³-hybridized carbons (Fsp3) is 0.250. The monoisotopic (exact) mass is 253 g/mol. The highest BCUT2D eigenvalue weighted by Gasteiger charge is 2.03. The number of nitrogen functional groups attached to an aromatic ring is 1. The Morgan fingerprint density at radius 3 is 1.79 bits per heavy atom. The Hall–Kier alpha value is -2.16. The summed E-state index contributed by atoms with van der Waals surface area (Å²) in [4.78, 5) is 0. The van der Waals surface area contributed by atoms with Crippen molar-refractivity contribution in [1.82, 2.24) is 0 Å². The molecule has 0 aliphatic rings. The van der Waals surface area contributed by atoms with Crippen molar-refractivity contribution < 1.29 is 0 Å². The SMILES string of the molecule is Cc1cc(C)cc(N=Nc2c(C)cc(N)cc2C)c1. The molecular formula is C16H19N3. The Labute approximate surface area is 114 Å². The molecular weight excluding hydrogens is 234 g/mol. The number of benzene rings is 2. The lowest BCUT2D eigenvalue weighted by molar-refractivity contribution is 1.18. The van der Waals surface area contributed by atoms with Crippen LogP contribution in [0.1, 0.15) is 22.3 Å². The van der Waals surface area contributed by atoms with Crippen LogP contribution in [0.4, 0.5) is 17.1 Å². The fourth-order valence-corrected chi connectivity index (χ4v) is 2.26. The van der Waals surface area contributed by atoms with E-state index in [1.54, 1.807) is 0 Å². The highest BCUT2D eigenvalue weighted by molar-refractivity contribution is 5.59. The predicted molar refractivity (Wildman–Crippen MR) is 80.4 cm³/mol. The van der Waals surface area contributed by atoms with Crippen LogP contribution in [0.25, 0.3) is 0 Å². The van der Waals surface area contributed by atoms with Crippen molar-refractivity contribution in [1.29, 1.82) is 0 Å². The van der Waals surface area contributed by atoms with E-state index in [9.17, 15) is 0 Å². The molecule has 0 bridgehead atoms. The summed E-state index contributed by atoms with van der Waals surface area (Å²) in [6, 6.07) is 10.0. The van der Waals surface area contributed by atoms with Crippen LogP contribution in [0.2, 0.25) is 0 Å². The first-order valence-corrected chi connectivity index (χ1v) is 6.32. The van der Waals surface area contributed by atoms with E-state index in [0.717, 1.165) is 28.2 Å². The van der Waals surface area contributed by atoms with Crippen LogP contribution in [-0.4, -0.2) is 0 Å². The maximum atomic E-state index is 5.80. The van der Waals surface area contributed by atoms with Gasteiger partial charge >= 0.3 is 0 Å². The lowest BCUT2D eigenvalue weighted by Gasteiger charge is -2.05. The van der Waals surface area contributed by atoms with Crippen molar-refractivity contribution in [3.05, 3.63) is 52.6 Å². The first-order chi connectivity index (χ1) is 8.95. The van der Waals surface area contributed by atoms with Crippen LogP contribution in [0.15, 0.2) is 40.6 Å². The molecule has 0 saturated heterocycles. The molecule has 0 spiro atoms. The summed E-state index contributed by atoms with van der Waals surface area (Å²) < 4.78 is 0. The predicted octanol–water partition coefficient (Wildman–Crippen LogP) is 4.92. The van der Waals surface area contributed by atoms with E-state index < -0.39 is 0 Å². The first-order valence-electron chi connectivity index (χ1n) is 6.32. The van der Waals surface area contributed by atoms with Gasteiger partial charge in [-0.15, -0.1) is 0 Å². The van der Waals surface area contributed by atoms with Crippen molar-refractivity contribution >= 4 is 17.1 Å². The molecule has 0 unspecified atom stereocenters. The number of nitrogens with zero attached hydrogens (tertiary/aromatic N) is 2. The van der Waals surface area contributed by atoms with Gasteiger partial charge in [0, 0.05) is 5.69 Å². The third kappa shape index (κ3) is 3.19. The summed E-state index contributed by atoms with van der Waals surface area (Å²) in [5.41, 5.74) is 12.8. The van der Waals surface area contributed by atoms with E-state index in [1.165, 1.54) is 11.1 Å². The second kappa shape index (κ2) is 5.22. The molecule has 0 fully saturated rings. The quantitative estimate of drug-likeness (QED) is 0.599. The van der Waals surface area contributed by atoms with Crippen molar-refractivity contribution in [3.8, 4) is 0 Å². The standard InChI is InChI=1S/C16H19N3/c1-10-5-11(2)7-15(6-10)18-19-16-12(3)8-14(17)9-13(16)4/h5-9H,17H2,1-4H3. The molecule has 0 saturated carbocycles. The van der Waals surface area contributed by atoms with E-state index in [4.69, 9.17) is 5.73 Å². The van der Waals surface area contributed by atoms with Gasteiger partial charge in [0.2, 0.25) is 0 Å². The maximum Gasteiger partial charge on any atom is 0.0916 e. The lowest BCUT2D eigenvalue weighted by Crippen LogP contribution is -1.88. The van der Waals surface area contributed by atoms with Gasteiger partial charge in [0.15, 0.2) is 0 Å². The zero-order valence-corrected chi connectivity index (χ0v) is 11.9. The smallest absolute Gasteiger partial charge is 0.0916 e. The third-order valence-corrected chi connectivity index (χ3v) is 2.99. The molecule has 2 aromatic rings. The summed E-state index contributed by atoms with van der Waals surface area (Å²) in [5, 5.41) is 8.70. The first kappa shape index (κ1) is 13.3. The average Bonchev–Trinajstić information content (AvgIpc) is 2.25. The number of hydrogen-bond donors (Lipinski definition) is 1. The van der Waals surface area contributed by atoms with Gasteiger partial charge in [-0.2, -0.15) is 10.2 Å². The molecule has 2 N–H and O–H groups in total.